The quantitative estimate of drug-likeness (QED) is 0.591. The molecule has 0 radical (unpaired) electrons. The summed E-state index contributed by atoms with van der Waals surface area (Å²) in [5, 5.41) is 1.14. The lowest BCUT2D eigenvalue weighted by Gasteiger charge is -2.32. The van der Waals surface area contributed by atoms with Crippen molar-refractivity contribution in [2.75, 3.05) is 40.4 Å². The molecule has 31 heavy (non-hydrogen) atoms. The first-order valence-corrected chi connectivity index (χ1v) is 11.2. The number of H-pyrrole nitrogens is 1. The molecule has 0 atom stereocenters. The van der Waals surface area contributed by atoms with Crippen LogP contribution >= 0.6 is 0 Å². The minimum atomic E-state index is 0.150. The van der Waals surface area contributed by atoms with Gasteiger partial charge in [0.15, 0.2) is 0 Å². The van der Waals surface area contributed by atoms with Gasteiger partial charge in [-0.15, -0.1) is 0 Å². The number of amides is 1. The molecule has 5 heteroatoms. The number of nitrogens with zero attached hydrogens (tertiary/aromatic N) is 2. The van der Waals surface area contributed by atoms with E-state index in [1.54, 1.807) is 7.11 Å². The predicted molar refractivity (Wildman–Crippen MR) is 125 cm³/mol. The molecule has 0 saturated carbocycles. The van der Waals surface area contributed by atoms with E-state index in [0.29, 0.717) is 5.92 Å². The summed E-state index contributed by atoms with van der Waals surface area (Å²) in [6.07, 6.45) is 5.14. The summed E-state index contributed by atoms with van der Waals surface area (Å²) in [6, 6.07) is 17.0. The lowest BCUT2D eigenvalue weighted by atomic mass is 9.89. The molecule has 2 heterocycles. The molecular formula is C26H33N3O2. The number of carbonyl (C=O) groups excluding carboxylic acids is 1. The average molecular weight is 420 g/mol. The first-order valence-electron chi connectivity index (χ1n) is 11.2. The van der Waals surface area contributed by atoms with E-state index in [0.717, 1.165) is 68.5 Å². The molecule has 1 N–H and O–H groups in total. The van der Waals surface area contributed by atoms with Crippen molar-refractivity contribution in [1.29, 1.82) is 0 Å². The Kier molecular flexibility index (Phi) is 7.05. The van der Waals surface area contributed by atoms with E-state index in [1.165, 1.54) is 11.1 Å². The SMILES string of the molecule is COCCN(C)Cc1ccc(CC2CCN(C(=O)c3ccc4cc[nH]c4c3)CC2)cc1. The van der Waals surface area contributed by atoms with Crippen LogP contribution in [-0.4, -0.2) is 61.1 Å². The summed E-state index contributed by atoms with van der Waals surface area (Å²) in [5.74, 6) is 0.794. The van der Waals surface area contributed by atoms with Gasteiger partial charge < -0.3 is 14.6 Å². The first kappa shape index (κ1) is 21.6. The second-order valence-corrected chi connectivity index (χ2v) is 8.77. The molecule has 0 aliphatic carbocycles. The molecule has 1 amide bonds. The molecule has 5 nitrogen and oxygen atoms in total. The van der Waals surface area contributed by atoms with E-state index < -0.39 is 0 Å². The van der Waals surface area contributed by atoms with Gasteiger partial charge in [0.2, 0.25) is 0 Å². The van der Waals surface area contributed by atoms with Crippen molar-refractivity contribution < 1.29 is 9.53 Å². The number of methoxy groups -OCH3 is 1. The summed E-state index contributed by atoms with van der Waals surface area (Å²) in [5.41, 5.74) is 4.53. The fourth-order valence-electron chi connectivity index (χ4n) is 4.46. The van der Waals surface area contributed by atoms with Crippen LogP contribution < -0.4 is 0 Å². The Bertz CT molecular complexity index is 987. The van der Waals surface area contributed by atoms with Gasteiger partial charge in [-0.2, -0.15) is 0 Å². The molecule has 1 aromatic heterocycles. The average Bonchev–Trinajstić information content (AvgIpc) is 3.27. The van der Waals surface area contributed by atoms with Crippen LogP contribution in [0.3, 0.4) is 0 Å². The smallest absolute Gasteiger partial charge is 0.253 e. The van der Waals surface area contributed by atoms with Gasteiger partial charge in [0, 0.05) is 50.6 Å². The summed E-state index contributed by atoms with van der Waals surface area (Å²) >= 11 is 0. The minimum Gasteiger partial charge on any atom is -0.383 e. The third-order valence-electron chi connectivity index (χ3n) is 6.38. The van der Waals surface area contributed by atoms with Crippen LogP contribution in [-0.2, 0) is 17.7 Å². The number of piperidine rings is 1. The third-order valence-corrected chi connectivity index (χ3v) is 6.38. The summed E-state index contributed by atoms with van der Waals surface area (Å²) in [4.78, 5) is 20.4. The maximum atomic E-state index is 12.9. The van der Waals surface area contributed by atoms with Gasteiger partial charge >= 0.3 is 0 Å². The molecule has 1 aliphatic heterocycles. The minimum absolute atomic E-state index is 0.150. The summed E-state index contributed by atoms with van der Waals surface area (Å²) < 4.78 is 5.15. The van der Waals surface area contributed by atoms with Gasteiger partial charge in [-0.3, -0.25) is 9.69 Å². The van der Waals surface area contributed by atoms with E-state index in [-0.39, 0.29) is 5.91 Å². The third kappa shape index (κ3) is 5.54. The van der Waals surface area contributed by atoms with Crippen molar-refractivity contribution in [2.24, 2.45) is 5.92 Å². The Morgan fingerprint density at radius 1 is 1.10 bits per heavy atom. The monoisotopic (exact) mass is 419 g/mol. The van der Waals surface area contributed by atoms with Gasteiger partial charge in [0.1, 0.15) is 0 Å². The van der Waals surface area contributed by atoms with Crippen LogP contribution in [0, 0.1) is 5.92 Å². The van der Waals surface area contributed by atoms with Crippen molar-refractivity contribution in [3.8, 4) is 0 Å². The molecule has 164 valence electrons. The van der Waals surface area contributed by atoms with Crippen LogP contribution in [0.25, 0.3) is 10.9 Å². The van der Waals surface area contributed by atoms with Gasteiger partial charge in [0.05, 0.1) is 6.61 Å². The second-order valence-electron chi connectivity index (χ2n) is 8.77. The number of fused-ring (bicyclic) bond motifs is 1. The van der Waals surface area contributed by atoms with Crippen LogP contribution in [0.2, 0.25) is 0 Å². The van der Waals surface area contributed by atoms with Crippen LogP contribution in [0.5, 0.6) is 0 Å². The lowest BCUT2D eigenvalue weighted by Crippen LogP contribution is -2.38. The number of rotatable bonds is 8. The van der Waals surface area contributed by atoms with E-state index in [2.05, 4.69) is 41.2 Å². The molecule has 3 aromatic rings. The van der Waals surface area contributed by atoms with E-state index in [9.17, 15) is 4.79 Å². The van der Waals surface area contributed by atoms with Crippen LogP contribution in [0.15, 0.2) is 54.7 Å². The highest BCUT2D eigenvalue weighted by molar-refractivity contribution is 5.98. The molecule has 0 bridgehead atoms. The fraction of sp³-hybridized carbons (Fsp3) is 0.423. The highest BCUT2D eigenvalue weighted by Crippen LogP contribution is 2.24. The maximum Gasteiger partial charge on any atom is 0.253 e. The molecular weight excluding hydrogens is 386 g/mol. The first-order chi connectivity index (χ1) is 15.1. The number of ether oxygens (including phenoxy) is 1. The van der Waals surface area contributed by atoms with Crippen molar-refractivity contribution in [2.45, 2.75) is 25.8 Å². The van der Waals surface area contributed by atoms with Crippen molar-refractivity contribution >= 4 is 16.8 Å². The van der Waals surface area contributed by atoms with Crippen molar-refractivity contribution in [3.63, 3.8) is 0 Å². The van der Waals surface area contributed by atoms with Crippen molar-refractivity contribution in [3.05, 3.63) is 71.4 Å². The Morgan fingerprint density at radius 3 is 2.58 bits per heavy atom. The summed E-state index contributed by atoms with van der Waals surface area (Å²) in [6.45, 7) is 4.33. The zero-order valence-electron chi connectivity index (χ0n) is 18.6. The molecule has 0 spiro atoms. The zero-order valence-corrected chi connectivity index (χ0v) is 18.6. The van der Waals surface area contributed by atoms with Gasteiger partial charge in [-0.05, 0) is 66.9 Å². The van der Waals surface area contributed by atoms with E-state index >= 15 is 0 Å². The Labute approximate surface area is 185 Å². The number of benzene rings is 2. The number of likely N-dealkylation sites (N-methyl/N-ethyl adjacent to an activating group) is 1. The number of hydrogen-bond acceptors (Lipinski definition) is 3. The fourth-order valence-corrected chi connectivity index (χ4v) is 4.46. The van der Waals surface area contributed by atoms with Crippen LogP contribution in [0.1, 0.15) is 34.3 Å². The Hall–Kier alpha value is -2.63. The van der Waals surface area contributed by atoms with E-state index in [1.807, 2.05) is 35.4 Å². The zero-order chi connectivity index (χ0) is 21.6. The summed E-state index contributed by atoms with van der Waals surface area (Å²) in [7, 11) is 3.86. The largest absolute Gasteiger partial charge is 0.383 e. The molecule has 1 aliphatic rings. The molecule has 0 unspecified atom stereocenters. The standard InChI is InChI=1S/C26H33N3O2/c1-28(15-16-31-2)19-22-5-3-20(4-6-22)17-21-10-13-29(14-11-21)26(30)24-8-7-23-9-12-27-25(23)18-24/h3-9,12,18,21,27H,10-11,13-17,19H2,1-2H3. The molecule has 2 aromatic carbocycles. The molecule has 4 rings (SSSR count). The van der Waals surface area contributed by atoms with Crippen molar-refractivity contribution in [1.82, 2.24) is 14.8 Å². The number of hydrogen-bond donors (Lipinski definition) is 1. The molecule has 1 fully saturated rings. The number of carbonyl (C=O) groups is 1. The number of aromatic amines is 1. The normalized spacial score (nSPS) is 15.1. The van der Waals surface area contributed by atoms with Gasteiger partial charge in [0.25, 0.3) is 5.91 Å². The highest BCUT2D eigenvalue weighted by atomic mass is 16.5. The Morgan fingerprint density at radius 2 is 1.84 bits per heavy atom. The second kappa shape index (κ2) is 10.1. The lowest BCUT2D eigenvalue weighted by molar-refractivity contribution is 0.0690. The number of likely N-dealkylation sites (tertiary alicyclic amines) is 1. The Balaban J connectivity index is 1.26. The highest BCUT2D eigenvalue weighted by Gasteiger charge is 2.24. The van der Waals surface area contributed by atoms with E-state index in [4.69, 9.17) is 4.74 Å². The molecule has 1 saturated heterocycles. The predicted octanol–water partition coefficient (Wildman–Crippen LogP) is 4.34. The number of nitrogens with one attached hydrogen (secondary N) is 1. The van der Waals surface area contributed by atoms with Crippen LogP contribution in [0.4, 0.5) is 0 Å². The topological polar surface area (TPSA) is 48.6 Å². The van der Waals surface area contributed by atoms with Gasteiger partial charge in [-0.1, -0.05) is 30.3 Å². The van der Waals surface area contributed by atoms with Gasteiger partial charge in [-0.25, -0.2) is 0 Å². The maximum absolute atomic E-state index is 12.9. The number of aromatic nitrogens is 1.